The van der Waals surface area contributed by atoms with Crippen LogP contribution in [-0.4, -0.2) is 37.8 Å². The molecule has 1 aromatic rings. The monoisotopic (exact) mass is 257 g/mol. The van der Waals surface area contributed by atoms with Crippen molar-refractivity contribution in [2.75, 3.05) is 20.1 Å². The molecule has 0 radical (unpaired) electrons. The molecule has 0 saturated heterocycles. The minimum absolute atomic E-state index is 0.241. The molecule has 0 aromatic carbocycles. The molecule has 1 heterocycles. The molecular formula is C11H19N3O2S. The van der Waals surface area contributed by atoms with E-state index in [0.29, 0.717) is 13.1 Å². The van der Waals surface area contributed by atoms with Gasteiger partial charge in [-0.3, -0.25) is 4.98 Å². The van der Waals surface area contributed by atoms with Gasteiger partial charge in [0.25, 0.3) is 0 Å². The van der Waals surface area contributed by atoms with Gasteiger partial charge in [0.2, 0.25) is 10.0 Å². The molecule has 0 spiro atoms. The minimum atomic E-state index is -3.44. The van der Waals surface area contributed by atoms with E-state index in [2.05, 4.69) is 4.98 Å². The van der Waals surface area contributed by atoms with E-state index in [1.165, 1.54) is 28.8 Å². The number of nitrogens with zero attached hydrogens (tertiary/aromatic N) is 2. The Labute approximate surface area is 103 Å². The quantitative estimate of drug-likeness (QED) is 0.842. The second-order valence-corrected chi connectivity index (χ2v) is 6.86. The zero-order valence-corrected chi connectivity index (χ0v) is 11.2. The van der Waals surface area contributed by atoms with E-state index in [4.69, 9.17) is 5.73 Å². The lowest BCUT2D eigenvalue weighted by molar-refractivity contribution is 0.292. The van der Waals surface area contributed by atoms with Crippen LogP contribution in [0.1, 0.15) is 13.8 Å². The lowest BCUT2D eigenvalue weighted by Crippen LogP contribution is -2.39. The largest absolute Gasteiger partial charge is 0.330 e. The molecule has 0 aliphatic carbocycles. The number of rotatable bonds is 5. The van der Waals surface area contributed by atoms with Crippen LogP contribution < -0.4 is 5.73 Å². The van der Waals surface area contributed by atoms with E-state index in [1.807, 2.05) is 13.8 Å². The summed E-state index contributed by atoms with van der Waals surface area (Å²) in [6.45, 7) is 4.69. The zero-order chi connectivity index (χ0) is 13.1. The molecule has 0 aliphatic rings. The maximum atomic E-state index is 12.2. The summed E-state index contributed by atoms with van der Waals surface area (Å²) in [6.07, 6.45) is 2.93. The van der Waals surface area contributed by atoms with E-state index < -0.39 is 10.0 Å². The molecule has 0 unspecified atom stereocenters. The van der Waals surface area contributed by atoms with Crippen molar-refractivity contribution in [2.45, 2.75) is 18.7 Å². The number of aromatic nitrogens is 1. The molecule has 2 N–H and O–H groups in total. The number of pyridine rings is 1. The van der Waals surface area contributed by atoms with Crippen molar-refractivity contribution >= 4 is 10.0 Å². The molecule has 0 fully saturated rings. The van der Waals surface area contributed by atoms with Gasteiger partial charge in [0.1, 0.15) is 0 Å². The number of hydrogen-bond acceptors (Lipinski definition) is 4. The molecule has 6 heteroatoms. The van der Waals surface area contributed by atoms with Crippen LogP contribution in [0.4, 0.5) is 0 Å². The number of nitrogens with two attached hydrogens (primary N) is 1. The molecule has 0 saturated carbocycles. The highest BCUT2D eigenvalue weighted by Crippen LogP contribution is 2.19. The summed E-state index contributed by atoms with van der Waals surface area (Å²) in [7, 11) is -1.88. The van der Waals surface area contributed by atoms with E-state index in [9.17, 15) is 8.42 Å². The van der Waals surface area contributed by atoms with Gasteiger partial charge in [-0.25, -0.2) is 12.7 Å². The topological polar surface area (TPSA) is 76.3 Å². The summed E-state index contributed by atoms with van der Waals surface area (Å²) < 4.78 is 25.7. The number of sulfonamides is 1. The highest BCUT2D eigenvalue weighted by molar-refractivity contribution is 7.89. The summed E-state index contributed by atoms with van der Waals surface area (Å²) in [5, 5.41) is 0. The molecule has 0 aliphatic heterocycles. The van der Waals surface area contributed by atoms with Gasteiger partial charge in [0.05, 0.1) is 4.90 Å². The van der Waals surface area contributed by atoms with Crippen LogP contribution in [-0.2, 0) is 10.0 Å². The average Bonchev–Trinajstić information content (AvgIpc) is 2.29. The fourth-order valence-corrected chi connectivity index (χ4v) is 2.79. The number of hydrogen-bond donors (Lipinski definition) is 1. The van der Waals surface area contributed by atoms with Crippen LogP contribution >= 0.6 is 0 Å². The SMILES string of the molecule is CN(CC(C)(C)CN)S(=O)(=O)c1ccncc1. The van der Waals surface area contributed by atoms with Crippen molar-refractivity contribution in [3.05, 3.63) is 24.5 Å². The van der Waals surface area contributed by atoms with Crippen LogP contribution in [0.25, 0.3) is 0 Å². The van der Waals surface area contributed by atoms with Crippen molar-refractivity contribution in [3.8, 4) is 0 Å². The molecule has 96 valence electrons. The molecule has 1 aromatic heterocycles. The first kappa shape index (κ1) is 14.1. The predicted molar refractivity (Wildman–Crippen MR) is 66.9 cm³/mol. The Morgan fingerprint density at radius 2 is 1.88 bits per heavy atom. The summed E-state index contributed by atoms with van der Waals surface area (Å²) >= 11 is 0. The zero-order valence-electron chi connectivity index (χ0n) is 10.4. The average molecular weight is 257 g/mol. The van der Waals surface area contributed by atoms with E-state index in [0.717, 1.165) is 0 Å². The first-order chi connectivity index (χ1) is 7.79. The lowest BCUT2D eigenvalue weighted by Gasteiger charge is -2.28. The van der Waals surface area contributed by atoms with E-state index in [-0.39, 0.29) is 10.3 Å². The van der Waals surface area contributed by atoms with Gasteiger partial charge in [-0.2, -0.15) is 0 Å². The summed E-state index contributed by atoms with van der Waals surface area (Å²) in [6, 6.07) is 2.97. The Morgan fingerprint density at radius 1 is 1.35 bits per heavy atom. The third-order valence-corrected chi connectivity index (χ3v) is 4.38. The van der Waals surface area contributed by atoms with Gasteiger partial charge in [0.15, 0.2) is 0 Å². The molecule has 0 atom stereocenters. The van der Waals surface area contributed by atoms with Crippen molar-refractivity contribution < 1.29 is 8.42 Å². The van der Waals surface area contributed by atoms with Crippen LogP contribution in [0.15, 0.2) is 29.4 Å². The van der Waals surface area contributed by atoms with Gasteiger partial charge in [-0.1, -0.05) is 13.8 Å². The van der Waals surface area contributed by atoms with Crippen LogP contribution in [0.3, 0.4) is 0 Å². The van der Waals surface area contributed by atoms with Gasteiger partial charge in [-0.15, -0.1) is 0 Å². The van der Waals surface area contributed by atoms with Crippen LogP contribution in [0.2, 0.25) is 0 Å². The Hall–Kier alpha value is -0.980. The predicted octanol–water partition coefficient (Wildman–Crippen LogP) is 0.687. The van der Waals surface area contributed by atoms with Crippen molar-refractivity contribution in [3.63, 3.8) is 0 Å². The third kappa shape index (κ3) is 3.49. The Kier molecular flexibility index (Phi) is 4.24. The highest BCUT2D eigenvalue weighted by atomic mass is 32.2. The van der Waals surface area contributed by atoms with Gasteiger partial charge < -0.3 is 5.73 Å². The second-order valence-electron chi connectivity index (χ2n) is 4.81. The van der Waals surface area contributed by atoms with Gasteiger partial charge >= 0.3 is 0 Å². The van der Waals surface area contributed by atoms with Gasteiger partial charge in [0, 0.05) is 26.0 Å². The smallest absolute Gasteiger partial charge is 0.242 e. The van der Waals surface area contributed by atoms with E-state index in [1.54, 1.807) is 7.05 Å². The molecule has 17 heavy (non-hydrogen) atoms. The fourth-order valence-electron chi connectivity index (χ4n) is 1.44. The summed E-state index contributed by atoms with van der Waals surface area (Å²) in [5.74, 6) is 0. The summed E-state index contributed by atoms with van der Waals surface area (Å²) in [4.78, 5) is 4.06. The molecule has 1 rings (SSSR count). The Bertz CT molecular complexity index is 457. The van der Waals surface area contributed by atoms with Crippen molar-refractivity contribution in [2.24, 2.45) is 11.1 Å². The molecule has 0 amide bonds. The van der Waals surface area contributed by atoms with Crippen LogP contribution in [0, 0.1) is 5.41 Å². The Morgan fingerprint density at radius 3 is 2.35 bits per heavy atom. The first-order valence-corrected chi connectivity index (χ1v) is 6.80. The highest BCUT2D eigenvalue weighted by Gasteiger charge is 2.26. The summed E-state index contributed by atoms with van der Waals surface area (Å²) in [5.41, 5.74) is 5.36. The van der Waals surface area contributed by atoms with Crippen molar-refractivity contribution in [1.29, 1.82) is 0 Å². The minimum Gasteiger partial charge on any atom is -0.330 e. The standard InChI is InChI=1S/C11H19N3O2S/c1-11(2,8-12)9-14(3)17(15,16)10-4-6-13-7-5-10/h4-7H,8-9,12H2,1-3H3. The maximum absolute atomic E-state index is 12.2. The normalized spacial score (nSPS) is 13.0. The molecule has 5 nitrogen and oxygen atoms in total. The van der Waals surface area contributed by atoms with E-state index >= 15 is 0 Å². The fraction of sp³-hybridized carbons (Fsp3) is 0.545. The molecule has 0 bridgehead atoms. The maximum Gasteiger partial charge on any atom is 0.242 e. The second kappa shape index (κ2) is 5.12. The van der Waals surface area contributed by atoms with Gasteiger partial charge in [-0.05, 0) is 24.1 Å². The molecular weight excluding hydrogens is 238 g/mol. The third-order valence-electron chi connectivity index (χ3n) is 2.56. The van der Waals surface area contributed by atoms with Crippen LogP contribution in [0.5, 0.6) is 0 Å². The Balaban J connectivity index is 2.93. The first-order valence-electron chi connectivity index (χ1n) is 5.36. The lowest BCUT2D eigenvalue weighted by atomic mass is 9.94. The van der Waals surface area contributed by atoms with Crippen molar-refractivity contribution in [1.82, 2.24) is 9.29 Å².